The van der Waals surface area contributed by atoms with Crippen LogP contribution in [0, 0.1) is 24.0 Å². The molecule has 0 aliphatic heterocycles. The minimum atomic E-state index is -1.07. The number of hydrogen-bond acceptors (Lipinski definition) is 6. The van der Waals surface area contributed by atoms with Gasteiger partial charge in [0, 0.05) is 17.8 Å². The van der Waals surface area contributed by atoms with Gasteiger partial charge < -0.3 is 15.8 Å². The van der Waals surface area contributed by atoms with Gasteiger partial charge in [-0.15, -0.1) is 0 Å². The number of rotatable bonds is 5. The van der Waals surface area contributed by atoms with E-state index in [-0.39, 0.29) is 16.9 Å². The minimum Gasteiger partial charge on any atom is -0.449 e. The Labute approximate surface area is 150 Å². The second-order valence-electron chi connectivity index (χ2n) is 5.83. The van der Waals surface area contributed by atoms with E-state index in [1.165, 1.54) is 13.0 Å². The zero-order valence-corrected chi connectivity index (χ0v) is 14.6. The molecule has 2 rings (SSSR count). The fourth-order valence-corrected chi connectivity index (χ4v) is 2.36. The molecule has 0 spiro atoms. The Morgan fingerprint density at radius 2 is 1.81 bits per heavy atom. The van der Waals surface area contributed by atoms with E-state index >= 15 is 0 Å². The zero-order chi connectivity index (χ0) is 19.4. The Bertz CT molecular complexity index is 859. The molecule has 0 saturated heterocycles. The van der Waals surface area contributed by atoms with Crippen LogP contribution in [0.15, 0.2) is 36.4 Å². The first-order valence-electron chi connectivity index (χ1n) is 7.82. The predicted molar refractivity (Wildman–Crippen MR) is 96.9 cm³/mol. The lowest BCUT2D eigenvalue weighted by Crippen LogP contribution is -2.30. The van der Waals surface area contributed by atoms with Gasteiger partial charge >= 0.3 is 5.97 Å². The maximum Gasteiger partial charge on any atom is 0.341 e. The number of hydrogen-bond donors (Lipinski definition) is 2. The molecule has 3 N–H and O–H groups in total. The van der Waals surface area contributed by atoms with E-state index in [0.29, 0.717) is 5.69 Å². The van der Waals surface area contributed by atoms with E-state index in [9.17, 15) is 19.7 Å². The number of nitrogen functional groups attached to an aromatic ring is 1. The van der Waals surface area contributed by atoms with Crippen LogP contribution in [-0.2, 0) is 9.53 Å². The number of para-hydroxylation sites is 1. The molecular formula is C18H19N3O5. The smallest absolute Gasteiger partial charge is 0.341 e. The quantitative estimate of drug-likeness (QED) is 0.367. The largest absolute Gasteiger partial charge is 0.449 e. The second kappa shape index (κ2) is 7.64. The summed E-state index contributed by atoms with van der Waals surface area (Å²) < 4.78 is 5.13. The third kappa shape index (κ3) is 4.15. The predicted octanol–water partition coefficient (Wildman–Crippen LogP) is 2.98. The van der Waals surface area contributed by atoms with E-state index in [1.807, 2.05) is 32.0 Å². The van der Waals surface area contributed by atoms with Gasteiger partial charge in [0.25, 0.3) is 11.6 Å². The van der Waals surface area contributed by atoms with Crippen molar-refractivity contribution < 1.29 is 19.2 Å². The van der Waals surface area contributed by atoms with Crippen LogP contribution in [0.4, 0.5) is 17.1 Å². The second-order valence-corrected chi connectivity index (χ2v) is 5.83. The van der Waals surface area contributed by atoms with Crippen molar-refractivity contribution in [3.05, 3.63) is 63.2 Å². The van der Waals surface area contributed by atoms with E-state index in [4.69, 9.17) is 10.5 Å². The van der Waals surface area contributed by atoms with Crippen molar-refractivity contribution in [2.45, 2.75) is 26.9 Å². The Morgan fingerprint density at radius 3 is 2.35 bits per heavy atom. The Morgan fingerprint density at radius 1 is 1.19 bits per heavy atom. The minimum absolute atomic E-state index is 0.0395. The van der Waals surface area contributed by atoms with Crippen LogP contribution < -0.4 is 11.1 Å². The molecule has 2 aromatic carbocycles. The molecule has 26 heavy (non-hydrogen) atoms. The highest BCUT2D eigenvalue weighted by atomic mass is 16.6. The number of benzene rings is 2. The van der Waals surface area contributed by atoms with Crippen molar-refractivity contribution in [2.24, 2.45) is 0 Å². The summed E-state index contributed by atoms with van der Waals surface area (Å²) >= 11 is 0. The summed E-state index contributed by atoms with van der Waals surface area (Å²) in [6.07, 6.45) is -1.07. The first kappa shape index (κ1) is 18.9. The third-order valence-corrected chi connectivity index (χ3v) is 3.85. The van der Waals surface area contributed by atoms with Crippen LogP contribution in [0.25, 0.3) is 0 Å². The fourth-order valence-electron chi connectivity index (χ4n) is 2.36. The molecule has 0 saturated carbocycles. The average Bonchev–Trinajstić information content (AvgIpc) is 2.57. The van der Waals surface area contributed by atoms with Gasteiger partial charge in [0.15, 0.2) is 6.10 Å². The van der Waals surface area contributed by atoms with Crippen LogP contribution in [0.3, 0.4) is 0 Å². The third-order valence-electron chi connectivity index (χ3n) is 3.85. The summed E-state index contributed by atoms with van der Waals surface area (Å²) in [4.78, 5) is 34.6. The highest BCUT2D eigenvalue weighted by molar-refractivity contribution is 6.00. The number of nitrogens with zero attached hydrogens (tertiary/aromatic N) is 1. The molecule has 1 amide bonds. The highest BCUT2D eigenvalue weighted by Gasteiger charge is 2.22. The average molecular weight is 357 g/mol. The molecule has 0 radical (unpaired) electrons. The van der Waals surface area contributed by atoms with Gasteiger partial charge in [-0.25, -0.2) is 4.79 Å². The number of non-ortho nitro benzene ring substituents is 1. The molecule has 0 bridgehead atoms. The van der Waals surface area contributed by atoms with Gasteiger partial charge in [-0.3, -0.25) is 14.9 Å². The van der Waals surface area contributed by atoms with Crippen molar-refractivity contribution in [1.29, 1.82) is 0 Å². The summed E-state index contributed by atoms with van der Waals surface area (Å²) in [5, 5.41) is 13.4. The van der Waals surface area contributed by atoms with Gasteiger partial charge in [-0.05, 0) is 38.0 Å². The van der Waals surface area contributed by atoms with Crippen molar-refractivity contribution in [1.82, 2.24) is 0 Å². The number of aryl methyl sites for hydroxylation is 2. The van der Waals surface area contributed by atoms with Crippen molar-refractivity contribution in [2.75, 3.05) is 11.1 Å². The van der Waals surface area contributed by atoms with Crippen LogP contribution in [0.1, 0.15) is 28.4 Å². The van der Waals surface area contributed by atoms with E-state index < -0.39 is 22.9 Å². The summed E-state index contributed by atoms with van der Waals surface area (Å²) in [6.45, 7) is 5.15. The summed E-state index contributed by atoms with van der Waals surface area (Å²) in [7, 11) is 0. The molecule has 8 nitrogen and oxygen atoms in total. The lowest BCUT2D eigenvalue weighted by Gasteiger charge is -2.16. The summed E-state index contributed by atoms with van der Waals surface area (Å²) in [6, 6.07) is 9.01. The molecule has 0 aromatic heterocycles. The van der Waals surface area contributed by atoms with Crippen LogP contribution in [0.5, 0.6) is 0 Å². The standard InChI is InChI=1S/C18H19N3O5/c1-10-5-4-6-11(2)16(10)20-17(22)12(3)26-18(23)14-8-7-13(21(24)25)9-15(14)19/h4-9,12H,19H2,1-3H3,(H,20,22)/t12-/m0/s1. The molecule has 0 heterocycles. The van der Waals surface area contributed by atoms with Gasteiger partial charge in [0.2, 0.25) is 0 Å². The number of nitro benzene ring substituents is 1. The van der Waals surface area contributed by atoms with E-state index in [0.717, 1.165) is 23.3 Å². The van der Waals surface area contributed by atoms with Gasteiger partial charge in [0.05, 0.1) is 16.2 Å². The van der Waals surface area contributed by atoms with Crippen LogP contribution >= 0.6 is 0 Å². The first-order valence-corrected chi connectivity index (χ1v) is 7.82. The SMILES string of the molecule is Cc1cccc(C)c1NC(=O)[C@H](C)OC(=O)c1ccc([N+](=O)[O-])cc1N. The number of carbonyl (C=O) groups is 2. The molecule has 0 aliphatic rings. The van der Waals surface area contributed by atoms with Crippen molar-refractivity contribution in [3.8, 4) is 0 Å². The summed E-state index contributed by atoms with van der Waals surface area (Å²) in [5.74, 6) is -1.32. The number of nitro groups is 1. The molecule has 0 unspecified atom stereocenters. The fraction of sp³-hybridized carbons (Fsp3) is 0.222. The molecule has 136 valence electrons. The topological polar surface area (TPSA) is 125 Å². The molecule has 0 aliphatic carbocycles. The molecule has 8 heteroatoms. The lowest BCUT2D eigenvalue weighted by molar-refractivity contribution is -0.384. The number of esters is 1. The summed E-state index contributed by atoms with van der Waals surface area (Å²) in [5.41, 5.74) is 7.74. The molecular weight excluding hydrogens is 338 g/mol. The number of amides is 1. The van der Waals surface area contributed by atoms with Crippen molar-refractivity contribution >= 4 is 28.9 Å². The Hall–Kier alpha value is -3.42. The normalized spacial score (nSPS) is 11.5. The van der Waals surface area contributed by atoms with Gasteiger partial charge in [-0.2, -0.15) is 0 Å². The number of carbonyl (C=O) groups excluding carboxylic acids is 2. The van der Waals surface area contributed by atoms with Crippen molar-refractivity contribution in [3.63, 3.8) is 0 Å². The van der Waals surface area contributed by atoms with Crippen LogP contribution in [0.2, 0.25) is 0 Å². The monoisotopic (exact) mass is 357 g/mol. The maximum atomic E-state index is 12.3. The molecule has 0 fully saturated rings. The Kier molecular flexibility index (Phi) is 5.56. The number of nitrogens with one attached hydrogen (secondary N) is 1. The molecule has 1 atom stereocenters. The molecule has 2 aromatic rings. The Balaban J connectivity index is 2.09. The van der Waals surface area contributed by atoms with E-state index in [2.05, 4.69) is 5.32 Å². The van der Waals surface area contributed by atoms with Gasteiger partial charge in [0.1, 0.15) is 0 Å². The highest BCUT2D eigenvalue weighted by Crippen LogP contribution is 2.22. The number of ether oxygens (including phenoxy) is 1. The van der Waals surface area contributed by atoms with E-state index in [1.54, 1.807) is 0 Å². The zero-order valence-electron chi connectivity index (χ0n) is 14.6. The van der Waals surface area contributed by atoms with Crippen LogP contribution in [-0.4, -0.2) is 22.9 Å². The van der Waals surface area contributed by atoms with Gasteiger partial charge in [-0.1, -0.05) is 18.2 Å². The maximum absolute atomic E-state index is 12.3. The lowest BCUT2D eigenvalue weighted by atomic mass is 10.1. The first-order chi connectivity index (χ1) is 12.2. The number of nitrogens with two attached hydrogens (primary N) is 1. The number of anilines is 2.